The predicted octanol–water partition coefficient (Wildman–Crippen LogP) is 4.19. The van der Waals surface area contributed by atoms with Gasteiger partial charge in [-0.05, 0) is 46.2 Å². The lowest BCUT2D eigenvalue weighted by atomic mass is 10.1. The molecule has 16 heavy (non-hydrogen) atoms. The van der Waals surface area contributed by atoms with E-state index in [0.29, 0.717) is 0 Å². The highest BCUT2D eigenvalue weighted by molar-refractivity contribution is 4.97. The molecule has 0 saturated heterocycles. The van der Waals surface area contributed by atoms with E-state index in [1.54, 1.807) is 0 Å². The molecule has 0 amide bonds. The van der Waals surface area contributed by atoms with Crippen LogP contribution >= 0.6 is 0 Å². The van der Waals surface area contributed by atoms with Gasteiger partial charge in [-0.2, -0.15) is 0 Å². The summed E-state index contributed by atoms with van der Waals surface area (Å²) in [6, 6.07) is 0. The summed E-state index contributed by atoms with van der Waals surface area (Å²) in [6.45, 7) is 12.0. The maximum Gasteiger partial charge on any atom is 0.00130 e. The summed E-state index contributed by atoms with van der Waals surface area (Å²) in [5.74, 6) is 0. The number of nitrogens with zero attached hydrogens (tertiary/aromatic N) is 1. The van der Waals surface area contributed by atoms with E-state index in [1.165, 1.54) is 37.8 Å². The second-order valence-electron chi connectivity index (χ2n) is 4.52. The van der Waals surface area contributed by atoms with Gasteiger partial charge in [0.25, 0.3) is 0 Å². The molecule has 0 spiro atoms. The second kappa shape index (κ2) is 10.7. The first-order valence-electron chi connectivity index (χ1n) is 6.27. The second-order valence-corrected chi connectivity index (χ2v) is 4.52. The fraction of sp³-hybridized carbons (Fsp3) is 0.600. The Bertz CT molecular complexity index is 215. The smallest absolute Gasteiger partial charge is 0.00130 e. The van der Waals surface area contributed by atoms with Crippen LogP contribution in [0.3, 0.4) is 0 Å². The first kappa shape index (κ1) is 15.2. The summed E-state index contributed by atoms with van der Waals surface area (Å²) >= 11 is 0. The minimum Gasteiger partial charge on any atom is -0.306 e. The van der Waals surface area contributed by atoms with Crippen LogP contribution in [-0.2, 0) is 0 Å². The molecule has 0 N–H and O–H groups in total. The molecule has 0 unspecified atom stereocenters. The standard InChI is InChI=1S/C15H27N/c1-5-6-7-10-13-16(4)14-11-8-9-12-15(2)3/h5-7H,1-2,8-14H2,3-4H3/b7-6-. The molecule has 0 saturated carbocycles. The summed E-state index contributed by atoms with van der Waals surface area (Å²) in [4.78, 5) is 2.40. The zero-order valence-electron chi connectivity index (χ0n) is 11.0. The van der Waals surface area contributed by atoms with E-state index < -0.39 is 0 Å². The fourth-order valence-corrected chi connectivity index (χ4v) is 1.58. The molecule has 0 heterocycles. The van der Waals surface area contributed by atoms with Crippen molar-refractivity contribution in [3.8, 4) is 0 Å². The molecule has 0 radical (unpaired) electrons. The van der Waals surface area contributed by atoms with Crippen LogP contribution in [0.4, 0.5) is 0 Å². The Morgan fingerprint density at radius 2 is 1.94 bits per heavy atom. The van der Waals surface area contributed by atoms with E-state index in [0.717, 1.165) is 13.0 Å². The van der Waals surface area contributed by atoms with E-state index in [4.69, 9.17) is 0 Å². The van der Waals surface area contributed by atoms with Crippen LogP contribution in [0.1, 0.15) is 39.0 Å². The highest BCUT2D eigenvalue weighted by Crippen LogP contribution is 2.06. The largest absolute Gasteiger partial charge is 0.306 e. The molecule has 0 atom stereocenters. The number of hydrogen-bond acceptors (Lipinski definition) is 1. The van der Waals surface area contributed by atoms with Crippen LogP contribution in [0.15, 0.2) is 37.0 Å². The highest BCUT2D eigenvalue weighted by Gasteiger charge is 1.96. The molecule has 0 aliphatic rings. The van der Waals surface area contributed by atoms with Crippen molar-refractivity contribution in [2.45, 2.75) is 39.0 Å². The van der Waals surface area contributed by atoms with E-state index in [1.807, 2.05) is 12.2 Å². The summed E-state index contributed by atoms with van der Waals surface area (Å²) in [6.07, 6.45) is 12.2. The molecule has 0 rings (SSSR count). The fourth-order valence-electron chi connectivity index (χ4n) is 1.58. The molecule has 1 heteroatoms. The molecular formula is C15H27N. The lowest BCUT2D eigenvalue weighted by Gasteiger charge is -2.15. The molecule has 0 bridgehead atoms. The van der Waals surface area contributed by atoms with Crippen molar-refractivity contribution >= 4 is 0 Å². The van der Waals surface area contributed by atoms with Crippen molar-refractivity contribution in [2.24, 2.45) is 0 Å². The van der Waals surface area contributed by atoms with E-state index >= 15 is 0 Å². The summed E-state index contributed by atoms with van der Waals surface area (Å²) in [5.41, 5.74) is 1.31. The van der Waals surface area contributed by atoms with Gasteiger partial charge in [-0.3, -0.25) is 0 Å². The van der Waals surface area contributed by atoms with Crippen LogP contribution in [-0.4, -0.2) is 25.0 Å². The SMILES string of the molecule is C=C/C=C\CCN(C)CCCCCC(=C)C. The van der Waals surface area contributed by atoms with Gasteiger partial charge in [-0.1, -0.05) is 36.8 Å². The van der Waals surface area contributed by atoms with Gasteiger partial charge in [0, 0.05) is 6.54 Å². The third-order valence-electron chi connectivity index (χ3n) is 2.59. The van der Waals surface area contributed by atoms with E-state index in [9.17, 15) is 0 Å². The van der Waals surface area contributed by atoms with Gasteiger partial charge in [0.1, 0.15) is 0 Å². The van der Waals surface area contributed by atoms with Crippen LogP contribution in [0.5, 0.6) is 0 Å². The van der Waals surface area contributed by atoms with Crippen LogP contribution in [0.2, 0.25) is 0 Å². The molecule has 0 aliphatic carbocycles. The van der Waals surface area contributed by atoms with Crippen molar-refractivity contribution in [3.05, 3.63) is 37.0 Å². The monoisotopic (exact) mass is 221 g/mol. The molecule has 92 valence electrons. The van der Waals surface area contributed by atoms with Crippen molar-refractivity contribution in [3.63, 3.8) is 0 Å². The quantitative estimate of drug-likeness (QED) is 0.304. The topological polar surface area (TPSA) is 3.24 Å². The average Bonchev–Trinajstić information content (AvgIpc) is 2.23. The molecule has 0 aromatic rings. The van der Waals surface area contributed by atoms with Crippen molar-refractivity contribution in [1.29, 1.82) is 0 Å². The zero-order chi connectivity index (χ0) is 12.2. The Balaban J connectivity index is 3.29. The lowest BCUT2D eigenvalue weighted by molar-refractivity contribution is 0.330. The number of allylic oxidation sites excluding steroid dienone is 3. The van der Waals surface area contributed by atoms with Gasteiger partial charge in [-0.15, -0.1) is 6.58 Å². The maximum atomic E-state index is 3.92. The van der Waals surface area contributed by atoms with Crippen LogP contribution in [0.25, 0.3) is 0 Å². The van der Waals surface area contributed by atoms with Crippen molar-refractivity contribution < 1.29 is 0 Å². The molecule has 0 aromatic heterocycles. The lowest BCUT2D eigenvalue weighted by Crippen LogP contribution is -2.20. The first-order valence-corrected chi connectivity index (χ1v) is 6.27. The van der Waals surface area contributed by atoms with Gasteiger partial charge >= 0.3 is 0 Å². The van der Waals surface area contributed by atoms with Crippen LogP contribution < -0.4 is 0 Å². The third-order valence-corrected chi connectivity index (χ3v) is 2.59. The van der Waals surface area contributed by atoms with Gasteiger partial charge in [-0.25, -0.2) is 0 Å². The Kier molecular flexibility index (Phi) is 10.1. The summed E-state index contributed by atoms with van der Waals surface area (Å²) in [5, 5.41) is 0. The summed E-state index contributed by atoms with van der Waals surface area (Å²) < 4.78 is 0. The third kappa shape index (κ3) is 11.3. The van der Waals surface area contributed by atoms with E-state index in [-0.39, 0.29) is 0 Å². The predicted molar refractivity (Wildman–Crippen MR) is 74.7 cm³/mol. The average molecular weight is 221 g/mol. The first-order chi connectivity index (χ1) is 7.66. The minimum absolute atomic E-state index is 1.12. The van der Waals surface area contributed by atoms with Crippen molar-refractivity contribution in [2.75, 3.05) is 20.1 Å². The Morgan fingerprint density at radius 1 is 1.19 bits per heavy atom. The number of unbranched alkanes of at least 4 members (excludes halogenated alkanes) is 2. The maximum absolute atomic E-state index is 3.92. The normalized spacial score (nSPS) is 11.2. The van der Waals surface area contributed by atoms with E-state index in [2.05, 4.69) is 38.1 Å². The Hall–Kier alpha value is -0.820. The molecular weight excluding hydrogens is 194 g/mol. The van der Waals surface area contributed by atoms with Crippen molar-refractivity contribution in [1.82, 2.24) is 4.90 Å². The van der Waals surface area contributed by atoms with Crippen LogP contribution in [0, 0.1) is 0 Å². The van der Waals surface area contributed by atoms with Gasteiger partial charge in [0.2, 0.25) is 0 Å². The zero-order valence-corrected chi connectivity index (χ0v) is 11.0. The van der Waals surface area contributed by atoms with Gasteiger partial charge in [0.05, 0.1) is 0 Å². The molecule has 0 fully saturated rings. The molecule has 0 aliphatic heterocycles. The highest BCUT2D eigenvalue weighted by atomic mass is 15.1. The van der Waals surface area contributed by atoms with Gasteiger partial charge < -0.3 is 4.90 Å². The number of rotatable bonds is 10. The minimum atomic E-state index is 1.12. The molecule has 1 nitrogen and oxygen atoms in total. The Morgan fingerprint density at radius 3 is 2.56 bits per heavy atom. The summed E-state index contributed by atoms with van der Waals surface area (Å²) in [7, 11) is 2.19. The Labute approximate surface area is 102 Å². The van der Waals surface area contributed by atoms with Gasteiger partial charge in [0.15, 0.2) is 0 Å². The number of hydrogen-bond donors (Lipinski definition) is 0. The molecule has 0 aromatic carbocycles.